The zero-order valence-electron chi connectivity index (χ0n) is 6.17. The Kier molecular flexibility index (Phi) is 5.42. The van der Waals surface area contributed by atoms with Crippen LogP contribution in [0.25, 0.3) is 4.85 Å². The molecule has 0 radical (unpaired) electrons. The molecule has 0 bridgehead atoms. The Morgan fingerprint density at radius 2 is 2.30 bits per heavy atom. The number of hydrogen-bond acceptors (Lipinski definition) is 2. The quantitative estimate of drug-likeness (QED) is 0.535. The normalized spacial score (nSPS) is 8.80. The summed E-state index contributed by atoms with van der Waals surface area (Å²) < 4.78 is 0. The summed E-state index contributed by atoms with van der Waals surface area (Å²) in [6, 6.07) is 2.06. The van der Waals surface area contributed by atoms with E-state index >= 15 is 0 Å². The van der Waals surface area contributed by atoms with Crippen LogP contribution >= 0.6 is 0 Å². The highest BCUT2D eigenvalue weighted by Gasteiger charge is 1.96. The van der Waals surface area contributed by atoms with Gasteiger partial charge in [0.2, 0.25) is 6.54 Å². The minimum absolute atomic E-state index is 0.530. The van der Waals surface area contributed by atoms with Crippen LogP contribution in [0.1, 0.15) is 6.42 Å². The average molecular weight is 137 g/mol. The molecule has 0 aromatic heterocycles. The topological polar surface area (TPSA) is 31.4 Å². The first-order chi connectivity index (χ1) is 4.81. The second-order valence-electron chi connectivity index (χ2n) is 2.09. The lowest BCUT2D eigenvalue weighted by atomic mass is 10.4. The van der Waals surface area contributed by atoms with Crippen molar-refractivity contribution < 1.29 is 0 Å². The Hall–Kier alpha value is -1.06. The summed E-state index contributed by atoms with van der Waals surface area (Å²) in [5.74, 6) is 0. The maximum absolute atomic E-state index is 8.20. The Morgan fingerprint density at radius 3 is 2.80 bits per heavy atom. The molecule has 0 aliphatic carbocycles. The lowest BCUT2D eigenvalue weighted by Crippen LogP contribution is -2.21. The van der Waals surface area contributed by atoms with Gasteiger partial charge in [-0.1, -0.05) is 0 Å². The number of hydrogen-bond donors (Lipinski definition) is 0. The highest BCUT2D eigenvalue weighted by molar-refractivity contribution is 4.72. The molecule has 0 atom stereocenters. The van der Waals surface area contributed by atoms with E-state index < -0.39 is 0 Å². The molecule has 0 saturated heterocycles. The Labute approximate surface area is 61.7 Å². The number of nitrogens with zero attached hydrogens (tertiary/aromatic N) is 3. The molecular formula is C7H11N3. The molecule has 0 unspecified atom stereocenters. The van der Waals surface area contributed by atoms with E-state index in [9.17, 15) is 0 Å². The van der Waals surface area contributed by atoms with Crippen LogP contribution in [0, 0.1) is 17.9 Å². The third-order valence-electron chi connectivity index (χ3n) is 1.20. The molecule has 0 N–H and O–H groups in total. The van der Waals surface area contributed by atoms with E-state index in [0.717, 1.165) is 13.1 Å². The molecule has 0 saturated carbocycles. The maximum atomic E-state index is 8.20. The SMILES string of the molecule is [C-]#[N+]CCN(C)CCC#N. The van der Waals surface area contributed by atoms with Gasteiger partial charge in [-0.3, -0.25) is 4.90 Å². The smallest absolute Gasteiger partial charge is 0.227 e. The largest absolute Gasteiger partial charge is 0.316 e. The van der Waals surface area contributed by atoms with Crippen molar-refractivity contribution in [1.82, 2.24) is 4.90 Å². The Bertz CT molecular complexity index is 133. The van der Waals surface area contributed by atoms with Crippen LogP contribution in [-0.4, -0.2) is 31.6 Å². The molecule has 3 nitrogen and oxygen atoms in total. The van der Waals surface area contributed by atoms with Gasteiger partial charge in [-0.25, -0.2) is 6.57 Å². The number of rotatable bonds is 4. The summed E-state index contributed by atoms with van der Waals surface area (Å²) in [7, 11) is 1.92. The molecule has 0 amide bonds. The van der Waals surface area contributed by atoms with Crippen LogP contribution in [0.5, 0.6) is 0 Å². The lowest BCUT2D eigenvalue weighted by molar-refractivity contribution is 0.358. The van der Waals surface area contributed by atoms with Gasteiger partial charge < -0.3 is 4.85 Å². The van der Waals surface area contributed by atoms with Crippen molar-refractivity contribution in [1.29, 1.82) is 5.26 Å². The van der Waals surface area contributed by atoms with Gasteiger partial charge >= 0.3 is 0 Å². The van der Waals surface area contributed by atoms with Crippen molar-refractivity contribution in [2.24, 2.45) is 0 Å². The molecule has 54 valence electrons. The molecule has 0 aromatic rings. The maximum Gasteiger partial charge on any atom is 0.227 e. The van der Waals surface area contributed by atoms with Crippen molar-refractivity contribution in [3.05, 3.63) is 11.4 Å². The fraction of sp³-hybridized carbons (Fsp3) is 0.714. The first kappa shape index (κ1) is 8.94. The second-order valence-corrected chi connectivity index (χ2v) is 2.09. The molecule has 10 heavy (non-hydrogen) atoms. The molecule has 0 fully saturated rings. The van der Waals surface area contributed by atoms with Gasteiger partial charge in [0.05, 0.1) is 12.6 Å². The van der Waals surface area contributed by atoms with Crippen LogP contribution in [0.15, 0.2) is 0 Å². The monoisotopic (exact) mass is 137 g/mol. The van der Waals surface area contributed by atoms with Crippen molar-refractivity contribution in [2.75, 3.05) is 26.7 Å². The number of nitriles is 1. The zero-order chi connectivity index (χ0) is 7.82. The van der Waals surface area contributed by atoms with Crippen LogP contribution in [0.3, 0.4) is 0 Å². The summed E-state index contributed by atoms with van der Waals surface area (Å²) in [6.07, 6.45) is 0.550. The summed E-state index contributed by atoms with van der Waals surface area (Å²) in [5.41, 5.74) is 0. The van der Waals surface area contributed by atoms with Gasteiger partial charge in [-0.15, -0.1) is 0 Å². The Morgan fingerprint density at radius 1 is 1.60 bits per heavy atom. The van der Waals surface area contributed by atoms with E-state index in [4.69, 9.17) is 11.8 Å². The first-order valence-electron chi connectivity index (χ1n) is 3.20. The van der Waals surface area contributed by atoms with Crippen LogP contribution in [-0.2, 0) is 0 Å². The van der Waals surface area contributed by atoms with Gasteiger partial charge in [-0.05, 0) is 7.05 Å². The van der Waals surface area contributed by atoms with E-state index in [1.54, 1.807) is 0 Å². The molecule has 0 rings (SSSR count). The molecule has 0 spiro atoms. The zero-order valence-corrected chi connectivity index (χ0v) is 6.17. The van der Waals surface area contributed by atoms with Crippen molar-refractivity contribution in [3.8, 4) is 6.07 Å². The minimum Gasteiger partial charge on any atom is -0.316 e. The van der Waals surface area contributed by atoms with Gasteiger partial charge in [0.15, 0.2) is 0 Å². The van der Waals surface area contributed by atoms with E-state index in [2.05, 4.69) is 10.9 Å². The summed E-state index contributed by atoms with van der Waals surface area (Å²) in [6.45, 7) is 8.57. The van der Waals surface area contributed by atoms with Crippen LogP contribution < -0.4 is 0 Å². The third kappa shape index (κ3) is 5.08. The highest BCUT2D eigenvalue weighted by atomic mass is 15.1. The van der Waals surface area contributed by atoms with E-state index in [0.29, 0.717) is 13.0 Å². The number of likely N-dealkylation sites (N-methyl/N-ethyl adjacent to an activating group) is 1. The van der Waals surface area contributed by atoms with Gasteiger partial charge in [0, 0.05) is 13.0 Å². The summed E-state index contributed by atoms with van der Waals surface area (Å²) in [4.78, 5) is 5.20. The fourth-order valence-corrected chi connectivity index (χ4v) is 0.573. The lowest BCUT2D eigenvalue weighted by Gasteiger charge is -2.09. The molecular weight excluding hydrogens is 126 g/mol. The molecule has 0 aromatic carbocycles. The fourth-order valence-electron chi connectivity index (χ4n) is 0.573. The van der Waals surface area contributed by atoms with Gasteiger partial charge in [0.25, 0.3) is 0 Å². The van der Waals surface area contributed by atoms with E-state index in [-0.39, 0.29) is 0 Å². The average Bonchev–Trinajstić information content (AvgIpc) is 1.97. The van der Waals surface area contributed by atoms with E-state index in [1.807, 2.05) is 11.9 Å². The van der Waals surface area contributed by atoms with Crippen LogP contribution in [0.2, 0.25) is 0 Å². The van der Waals surface area contributed by atoms with E-state index in [1.165, 1.54) is 0 Å². The first-order valence-corrected chi connectivity index (χ1v) is 3.20. The summed E-state index contributed by atoms with van der Waals surface area (Å²) >= 11 is 0. The van der Waals surface area contributed by atoms with Crippen molar-refractivity contribution in [2.45, 2.75) is 6.42 Å². The minimum atomic E-state index is 0.530. The molecule has 0 aliphatic rings. The second kappa shape index (κ2) is 6.07. The predicted molar refractivity (Wildman–Crippen MR) is 39.2 cm³/mol. The predicted octanol–water partition coefficient (Wildman–Crippen LogP) is 0.751. The van der Waals surface area contributed by atoms with Gasteiger partial charge in [-0.2, -0.15) is 5.26 Å². The Balaban J connectivity index is 3.20. The van der Waals surface area contributed by atoms with Gasteiger partial charge in [0.1, 0.15) is 0 Å². The third-order valence-corrected chi connectivity index (χ3v) is 1.20. The van der Waals surface area contributed by atoms with Crippen molar-refractivity contribution >= 4 is 0 Å². The summed E-state index contributed by atoms with van der Waals surface area (Å²) in [5, 5.41) is 8.20. The molecule has 3 heteroatoms. The van der Waals surface area contributed by atoms with Crippen molar-refractivity contribution in [3.63, 3.8) is 0 Å². The molecule has 0 heterocycles. The standard InChI is InChI=1S/C7H11N3/c1-9-5-7-10(2)6-3-4-8/h3,5-7H2,2H3. The highest BCUT2D eigenvalue weighted by Crippen LogP contribution is 1.84. The molecule has 0 aliphatic heterocycles. The van der Waals surface area contributed by atoms with Crippen LogP contribution in [0.4, 0.5) is 0 Å².